The van der Waals surface area contributed by atoms with Gasteiger partial charge in [-0.2, -0.15) is 5.10 Å². The SMILES string of the molecule is COCCN(CC(=O)Nc1cc(C(C)(C)C)nn1-c1ccc(C)cc1)C(=O)c1ccc(Cl)cc1. The lowest BCUT2D eigenvalue weighted by molar-refractivity contribution is -0.117. The van der Waals surface area contributed by atoms with Crippen molar-refractivity contribution in [2.24, 2.45) is 0 Å². The maximum absolute atomic E-state index is 13.1. The van der Waals surface area contributed by atoms with Crippen LogP contribution in [0.3, 0.4) is 0 Å². The summed E-state index contributed by atoms with van der Waals surface area (Å²) in [4.78, 5) is 27.6. The van der Waals surface area contributed by atoms with Gasteiger partial charge in [0.25, 0.3) is 5.91 Å². The maximum Gasteiger partial charge on any atom is 0.254 e. The van der Waals surface area contributed by atoms with Crippen LogP contribution in [-0.4, -0.2) is 53.3 Å². The van der Waals surface area contributed by atoms with Crippen molar-refractivity contribution in [3.8, 4) is 5.69 Å². The highest BCUT2D eigenvalue weighted by atomic mass is 35.5. The van der Waals surface area contributed by atoms with E-state index < -0.39 is 0 Å². The number of carbonyl (C=O) groups is 2. The summed E-state index contributed by atoms with van der Waals surface area (Å²) >= 11 is 5.94. The third kappa shape index (κ3) is 6.46. The topological polar surface area (TPSA) is 76.5 Å². The summed E-state index contributed by atoms with van der Waals surface area (Å²) in [5, 5.41) is 8.23. The molecular weight excluding hydrogens is 452 g/mol. The van der Waals surface area contributed by atoms with Gasteiger partial charge in [-0.1, -0.05) is 50.1 Å². The van der Waals surface area contributed by atoms with Gasteiger partial charge in [0, 0.05) is 35.7 Å². The molecule has 0 saturated carbocycles. The zero-order valence-corrected chi connectivity index (χ0v) is 21.0. The maximum atomic E-state index is 13.1. The number of hydrogen-bond donors (Lipinski definition) is 1. The van der Waals surface area contributed by atoms with Gasteiger partial charge in [0.2, 0.25) is 5.91 Å². The number of benzene rings is 2. The number of anilines is 1. The summed E-state index contributed by atoms with van der Waals surface area (Å²) in [5.74, 6) is -0.0529. The average molecular weight is 483 g/mol. The molecule has 8 heteroatoms. The van der Waals surface area contributed by atoms with Gasteiger partial charge >= 0.3 is 0 Å². The van der Waals surface area contributed by atoms with E-state index in [-0.39, 0.29) is 30.3 Å². The third-order valence-electron chi connectivity index (χ3n) is 5.30. The molecule has 1 N–H and O–H groups in total. The number of rotatable bonds is 8. The molecule has 3 rings (SSSR count). The normalized spacial score (nSPS) is 11.4. The van der Waals surface area contributed by atoms with E-state index in [1.165, 1.54) is 4.90 Å². The number of amides is 2. The number of ether oxygens (including phenoxy) is 1. The summed E-state index contributed by atoms with van der Waals surface area (Å²) in [6.45, 7) is 8.67. The van der Waals surface area contributed by atoms with Crippen molar-refractivity contribution in [3.63, 3.8) is 0 Å². The first-order valence-electron chi connectivity index (χ1n) is 11.1. The first-order valence-corrected chi connectivity index (χ1v) is 11.5. The smallest absolute Gasteiger partial charge is 0.254 e. The Morgan fingerprint density at radius 2 is 1.74 bits per heavy atom. The molecule has 7 nitrogen and oxygen atoms in total. The quantitative estimate of drug-likeness (QED) is 0.497. The Bertz CT molecular complexity index is 1130. The van der Waals surface area contributed by atoms with Gasteiger partial charge in [0.15, 0.2) is 0 Å². The van der Waals surface area contributed by atoms with Crippen molar-refractivity contribution in [2.75, 3.05) is 32.1 Å². The molecule has 1 heterocycles. The largest absolute Gasteiger partial charge is 0.383 e. The second-order valence-electron chi connectivity index (χ2n) is 9.19. The lowest BCUT2D eigenvalue weighted by Gasteiger charge is -2.22. The van der Waals surface area contributed by atoms with Crippen LogP contribution in [0, 0.1) is 6.92 Å². The molecule has 2 aromatic carbocycles. The van der Waals surface area contributed by atoms with E-state index in [9.17, 15) is 9.59 Å². The van der Waals surface area contributed by atoms with E-state index in [4.69, 9.17) is 21.4 Å². The van der Waals surface area contributed by atoms with Crippen molar-refractivity contribution >= 4 is 29.2 Å². The molecule has 2 amide bonds. The molecule has 1 aromatic heterocycles. The second-order valence-corrected chi connectivity index (χ2v) is 9.62. The Labute approximate surface area is 205 Å². The fourth-order valence-electron chi connectivity index (χ4n) is 3.30. The highest BCUT2D eigenvalue weighted by Crippen LogP contribution is 2.26. The van der Waals surface area contributed by atoms with Crippen molar-refractivity contribution < 1.29 is 14.3 Å². The molecule has 0 aliphatic carbocycles. The molecule has 0 aliphatic heterocycles. The molecule has 0 spiro atoms. The Balaban J connectivity index is 1.84. The Kier molecular flexibility index (Phi) is 8.12. The standard InChI is InChI=1S/C26H31ClN4O3/c1-18-6-12-21(13-7-18)31-23(16-22(29-31)26(2,3)4)28-24(32)17-30(14-15-34-5)25(33)19-8-10-20(27)11-9-19/h6-13,16H,14-15,17H2,1-5H3,(H,28,32). The Morgan fingerprint density at radius 1 is 1.09 bits per heavy atom. The minimum atomic E-state index is -0.327. The number of nitrogens with zero attached hydrogens (tertiary/aromatic N) is 3. The molecule has 3 aromatic rings. The van der Waals surface area contributed by atoms with Crippen LogP contribution < -0.4 is 5.32 Å². The Morgan fingerprint density at radius 3 is 2.32 bits per heavy atom. The summed E-state index contributed by atoms with van der Waals surface area (Å²) in [6.07, 6.45) is 0. The molecule has 0 bridgehead atoms. The fourth-order valence-corrected chi connectivity index (χ4v) is 3.43. The number of carbonyl (C=O) groups excluding carboxylic acids is 2. The van der Waals surface area contributed by atoms with Crippen molar-refractivity contribution in [1.29, 1.82) is 0 Å². The minimum Gasteiger partial charge on any atom is -0.383 e. The van der Waals surface area contributed by atoms with Gasteiger partial charge in [0.05, 0.1) is 18.0 Å². The molecule has 0 saturated heterocycles. The van der Waals surface area contributed by atoms with Crippen molar-refractivity contribution in [2.45, 2.75) is 33.1 Å². The molecule has 0 radical (unpaired) electrons. The van der Waals surface area contributed by atoms with E-state index in [0.717, 1.165) is 16.9 Å². The number of aryl methyl sites for hydroxylation is 1. The molecule has 0 aliphatic rings. The van der Waals surface area contributed by atoms with Crippen LogP contribution in [0.1, 0.15) is 42.4 Å². The summed E-state index contributed by atoms with van der Waals surface area (Å²) in [5.41, 5.74) is 3.06. The van der Waals surface area contributed by atoms with E-state index in [1.807, 2.05) is 37.3 Å². The minimum absolute atomic E-state index is 0.130. The average Bonchev–Trinajstić information content (AvgIpc) is 3.21. The van der Waals surface area contributed by atoms with Gasteiger partial charge in [0.1, 0.15) is 12.4 Å². The second kappa shape index (κ2) is 10.8. The van der Waals surface area contributed by atoms with Crippen LogP contribution >= 0.6 is 11.6 Å². The third-order valence-corrected chi connectivity index (χ3v) is 5.55. The van der Waals surface area contributed by atoms with Crippen LogP contribution in [0.5, 0.6) is 0 Å². The van der Waals surface area contributed by atoms with Gasteiger partial charge in [-0.05, 0) is 43.3 Å². The first-order chi connectivity index (χ1) is 16.1. The predicted octanol–water partition coefficient (Wildman–Crippen LogP) is 4.86. The molecule has 34 heavy (non-hydrogen) atoms. The number of methoxy groups -OCH3 is 1. The van der Waals surface area contributed by atoms with Crippen LogP contribution in [0.15, 0.2) is 54.6 Å². The van der Waals surface area contributed by atoms with Crippen LogP contribution in [0.25, 0.3) is 5.69 Å². The fraction of sp³-hybridized carbons (Fsp3) is 0.346. The molecule has 0 unspecified atom stereocenters. The molecular formula is C26H31ClN4O3. The van der Waals surface area contributed by atoms with E-state index in [0.29, 0.717) is 23.0 Å². The monoisotopic (exact) mass is 482 g/mol. The zero-order chi connectivity index (χ0) is 24.9. The lowest BCUT2D eigenvalue weighted by Crippen LogP contribution is -2.40. The van der Waals surface area contributed by atoms with Gasteiger partial charge in [-0.15, -0.1) is 0 Å². The van der Waals surface area contributed by atoms with Crippen molar-refractivity contribution in [1.82, 2.24) is 14.7 Å². The number of nitrogens with one attached hydrogen (secondary N) is 1. The Hall–Kier alpha value is -3.16. The highest BCUT2D eigenvalue weighted by molar-refractivity contribution is 6.30. The highest BCUT2D eigenvalue weighted by Gasteiger charge is 2.23. The van der Waals surface area contributed by atoms with E-state index in [2.05, 4.69) is 26.1 Å². The number of halogens is 1. The van der Waals surface area contributed by atoms with Crippen LogP contribution in [0.2, 0.25) is 5.02 Å². The number of hydrogen-bond acceptors (Lipinski definition) is 4. The summed E-state index contributed by atoms with van der Waals surface area (Å²) < 4.78 is 6.86. The predicted molar refractivity (Wildman–Crippen MR) is 135 cm³/mol. The summed E-state index contributed by atoms with van der Waals surface area (Å²) in [6, 6.07) is 16.4. The van der Waals surface area contributed by atoms with E-state index >= 15 is 0 Å². The molecule has 180 valence electrons. The lowest BCUT2D eigenvalue weighted by atomic mass is 9.92. The van der Waals surface area contributed by atoms with E-state index in [1.54, 1.807) is 36.1 Å². The molecule has 0 atom stereocenters. The van der Waals surface area contributed by atoms with Crippen molar-refractivity contribution in [3.05, 3.63) is 76.4 Å². The van der Waals surface area contributed by atoms with Crippen LogP contribution in [0.4, 0.5) is 5.82 Å². The zero-order valence-electron chi connectivity index (χ0n) is 20.3. The first kappa shape index (κ1) is 25.5. The summed E-state index contributed by atoms with van der Waals surface area (Å²) in [7, 11) is 1.55. The number of aromatic nitrogens is 2. The van der Waals surface area contributed by atoms with Gasteiger partial charge < -0.3 is 15.0 Å². The van der Waals surface area contributed by atoms with Gasteiger partial charge in [-0.3, -0.25) is 9.59 Å². The van der Waals surface area contributed by atoms with Gasteiger partial charge in [-0.25, -0.2) is 4.68 Å². The molecule has 0 fully saturated rings. The van der Waals surface area contributed by atoms with Crippen LogP contribution in [-0.2, 0) is 14.9 Å².